The normalized spacial score (nSPS) is 40.0. The fourth-order valence-corrected chi connectivity index (χ4v) is 5.59. The van der Waals surface area contributed by atoms with Gasteiger partial charge in [0.15, 0.2) is 0 Å². The Morgan fingerprint density at radius 2 is 1.95 bits per heavy atom. The van der Waals surface area contributed by atoms with Crippen LogP contribution in [0.1, 0.15) is 43.2 Å². The number of ether oxygens (including phenoxy) is 1. The Bertz CT molecular complexity index is 528. The van der Waals surface area contributed by atoms with Crippen LogP contribution in [0.5, 0.6) is 0 Å². The van der Waals surface area contributed by atoms with Gasteiger partial charge >= 0.3 is 0 Å². The number of likely N-dealkylation sites (tertiary alicyclic amines) is 1. The molecule has 2 bridgehead atoms. The molecule has 2 fully saturated rings. The van der Waals surface area contributed by atoms with Gasteiger partial charge in [0.25, 0.3) is 0 Å². The monoisotopic (exact) mass is 271 g/mol. The van der Waals surface area contributed by atoms with Crippen LogP contribution in [0.15, 0.2) is 24.3 Å². The molecule has 1 aliphatic heterocycles. The van der Waals surface area contributed by atoms with Gasteiger partial charge in [-0.3, -0.25) is 0 Å². The van der Waals surface area contributed by atoms with Crippen molar-refractivity contribution in [3.63, 3.8) is 0 Å². The molecule has 1 saturated heterocycles. The summed E-state index contributed by atoms with van der Waals surface area (Å²) in [7, 11) is 4.25. The van der Waals surface area contributed by atoms with E-state index in [1.807, 2.05) is 7.11 Å². The zero-order valence-corrected chi connectivity index (χ0v) is 12.7. The van der Waals surface area contributed by atoms with E-state index in [9.17, 15) is 0 Å². The van der Waals surface area contributed by atoms with Crippen LogP contribution in [0.25, 0.3) is 0 Å². The third-order valence-corrected chi connectivity index (χ3v) is 6.48. The standard InChI is InChI=1S/C18H25NO/c1-19-12-11-17-9-5-6-10-18(17,20-2)16(19)13-14-7-3-4-8-15(14)17/h3-4,7-8,16H,5-6,9-13H2,1-2H3/t16-,17+,18-/m1/s1. The van der Waals surface area contributed by atoms with Gasteiger partial charge in [-0.05, 0) is 50.4 Å². The lowest BCUT2D eigenvalue weighted by atomic mass is 9.49. The summed E-state index contributed by atoms with van der Waals surface area (Å²) < 4.78 is 6.33. The van der Waals surface area contributed by atoms with Crippen molar-refractivity contribution in [1.82, 2.24) is 4.90 Å². The molecular weight excluding hydrogens is 246 g/mol. The molecular formula is C18H25NO. The molecule has 108 valence electrons. The molecule has 2 aliphatic carbocycles. The molecule has 0 amide bonds. The first-order chi connectivity index (χ1) is 9.73. The van der Waals surface area contributed by atoms with Crippen LogP contribution in [0.4, 0.5) is 0 Å². The number of benzene rings is 1. The average molecular weight is 271 g/mol. The highest BCUT2D eigenvalue weighted by atomic mass is 16.5. The lowest BCUT2D eigenvalue weighted by molar-refractivity contribution is -0.180. The number of methoxy groups -OCH3 is 1. The van der Waals surface area contributed by atoms with E-state index in [0.29, 0.717) is 6.04 Å². The van der Waals surface area contributed by atoms with Crippen LogP contribution in [-0.2, 0) is 16.6 Å². The zero-order chi connectivity index (χ0) is 13.8. The van der Waals surface area contributed by atoms with Crippen LogP contribution in [0.3, 0.4) is 0 Å². The largest absolute Gasteiger partial charge is 0.376 e. The van der Waals surface area contributed by atoms with Crippen LogP contribution in [0.2, 0.25) is 0 Å². The second-order valence-corrected chi connectivity index (χ2v) is 6.99. The Hall–Kier alpha value is -0.860. The number of piperidine rings is 1. The van der Waals surface area contributed by atoms with Gasteiger partial charge in [-0.1, -0.05) is 37.1 Å². The van der Waals surface area contributed by atoms with E-state index >= 15 is 0 Å². The highest BCUT2D eigenvalue weighted by molar-refractivity contribution is 5.45. The maximum Gasteiger partial charge on any atom is 0.0932 e. The van der Waals surface area contributed by atoms with Gasteiger partial charge in [-0.2, -0.15) is 0 Å². The van der Waals surface area contributed by atoms with Crippen molar-refractivity contribution in [2.24, 2.45) is 0 Å². The Kier molecular flexibility index (Phi) is 2.77. The van der Waals surface area contributed by atoms with Gasteiger partial charge in [-0.25, -0.2) is 0 Å². The molecule has 1 heterocycles. The van der Waals surface area contributed by atoms with Gasteiger partial charge in [0.1, 0.15) is 0 Å². The molecule has 4 rings (SSSR count). The van der Waals surface area contributed by atoms with E-state index in [-0.39, 0.29) is 11.0 Å². The maximum atomic E-state index is 6.33. The van der Waals surface area contributed by atoms with Crippen LogP contribution >= 0.6 is 0 Å². The van der Waals surface area contributed by atoms with Crippen molar-refractivity contribution in [2.75, 3.05) is 20.7 Å². The Morgan fingerprint density at radius 1 is 1.15 bits per heavy atom. The summed E-state index contributed by atoms with van der Waals surface area (Å²) >= 11 is 0. The van der Waals surface area contributed by atoms with Gasteiger partial charge in [0, 0.05) is 18.6 Å². The number of likely N-dealkylation sites (N-methyl/N-ethyl adjacent to an activating group) is 1. The molecule has 0 radical (unpaired) electrons. The van der Waals surface area contributed by atoms with E-state index in [0.717, 1.165) is 6.42 Å². The third kappa shape index (κ3) is 1.37. The van der Waals surface area contributed by atoms with Gasteiger partial charge in [0.2, 0.25) is 0 Å². The molecule has 3 aliphatic rings. The Balaban J connectivity index is 1.97. The third-order valence-electron chi connectivity index (χ3n) is 6.48. The first kappa shape index (κ1) is 12.8. The number of nitrogens with zero attached hydrogens (tertiary/aromatic N) is 1. The Morgan fingerprint density at radius 3 is 2.80 bits per heavy atom. The minimum atomic E-state index is 0.0482. The van der Waals surface area contributed by atoms with Crippen molar-refractivity contribution in [1.29, 1.82) is 0 Å². The second-order valence-electron chi connectivity index (χ2n) is 6.99. The molecule has 1 aromatic rings. The zero-order valence-electron chi connectivity index (χ0n) is 12.7. The molecule has 2 nitrogen and oxygen atoms in total. The molecule has 1 aromatic carbocycles. The molecule has 20 heavy (non-hydrogen) atoms. The summed E-state index contributed by atoms with van der Waals surface area (Å²) in [6.45, 7) is 1.21. The second kappa shape index (κ2) is 4.32. The first-order valence-corrected chi connectivity index (χ1v) is 8.07. The van der Waals surface area contributed by atoms with Gasteiger partial charge < -0.3 is 9.64 Å². The minimum Gasteiger partial charge on any atom is -0.376 e. The van der Waals surface area contributed by atoms with Gasteiger partial charge in [-0.15, -0.1) is 0 Å². The highest BCUT2D eigenvalue weighted by Gasteiger charge is 2.63. The predicted molar refractivity (Wildman–Crippen MR) is 81.1 cm³/mol. The van der Waals surface area contributed by atoms with Crippen molar-refractivity contribution in [3.8, 4) is 0 Å². The summed E-state index contributed by atoms with van der Waals surface area (Å²) in [6.07, 6.45) is 7.63. The molecule has 3 atom stereocenters. The van der Waals surface area contributed by atoms with Crippen LogP contribution < -0.4 is 0 Å². The van der Waals surface area contributed by atoms with Gasteiger partial charge in [0.05, 0.1) is 5.60 Å². The minimum absolute atomic E-state index is 0.0482. The van der Waals surface area contributed by atoms with E-state index < -0.39 is 0 Å². The smallest absolute Gasteiger partial charge is 0.0932 e. The molecule has 0 unspecified atom stereocenters. The van der Waals surface area contributed by atoms with E-state index in [1.165, 1.54) is 38.6 Å². The van der Waals surface area contributed by atoms with Crippen LogP contribution in [-0.4, -0.2) is 37.2 Å². The fraction of sp³-hybridized carbons (Fsp3) is 0.667. The van der Waals surface area contributed by atoms with E-state index in [2.05, 4.69) is 36.2 Å². The molecule has 0 aromatic heterocycles. The highest BCUT2D eigenvalue weighted by Crippen LogP contribution is 2.59. The molecule has 0 N–H and O–H groups in total. The maximum absolute atomic E-state index is 6.33. The van der Waals surface area contributed by atoms with Crippen molar-refractivity contribution in [3.05, 3.63) is 35.4 Å². The van der Waals surface area contributed by atoms with E-state index in [4.69, 9.17) is 4.74 Å². The van der Waals surface area contributed by atoms with Crippen molar-refractivity contribution < 1.29 is 4.74 Å². The molecule has 1 saturated carbocycles. The number of hydrogen-bond acceptors (Lipinski definition) is 2. The SMILES string of the molecule is CO[C@@]12CCCC[C@@]13CCN(C)[C@@H]2Cc1ccccc13. The summed E-state index contributed by atoms with van der Waals surface area (Å²) in [5.41, 5.74) is 3.49. The molecule has 0 spiro atoms. The lowest BCUT2D eigenvalue weighted by Crippen LogP contribution is -2.72. The quantitative estimate of drug-likeness (QED) is 0.778. The summed E-state index contributed by atoms with van der Waals surface area (Å²) in [4.78, 5) is 2.56. The summed E-state index contributed by atoms with van der Waals surface area (Å²) in [5, 5.41) is 0. The van der Waals surface area contributed by atoms with E-state index in [1.54, 1.807) is 11.1 Å². The average Bonchev–Trinajstić information content (AvgIpc) is 2.50. The fourth-order valence-electron chi connectivity index (χ4n) is 5.59. The predicted octanol–water partition coefficient (Wildman–Crippen LogP) is 3.14. The lowest BCUT2D eigenvalue weighted by Gasteiger charge is -2.65. The Labute approximate surface area is 122 Å². The molecule has 2 heteroatoms. The number of hydrogen-bond donors (Lipinski definition) is 0. The van der Waals surface area contributed by atoms with Crippen molar-refractivity contribution >= 4 is 0 Å². The van der Waals surface area contributed by atoms with Crippen molar-refractivity contribution in [2.45, 2.75) is 55.6 Å². The number of fused-ring (bicyclic) bond motifs is 1. The summed E-state index contributed by atoms with van der Waals surface area (Å²) in [6, 6.07) is 9.71. The summed E-state index contributed by atoms with van der Waals surface area (Å²) in [5.74, 6) is 0. The number of rotatable bonds is 1. The first-order valence-electron chi connectivity index (χ1n) is 8.07. The topological polar surface area (TPSA) is 12.5 Å². The van der Waals surface area contributed by atoms with Crippen LogP contribution in [0, 0.1) is 0 Å².